The Morgan fingerprint density at radius 3 is 2.68 bits per heavy atom. The smallest absolute Gasteiger partial charge is 0.416 e. The summed E-state index contributed by atoms with van der Waals surface area (Å²) in [6.07, 6.45) is -3.27. The highest BCUT2D eigenvalue weighted by Gasteiger charge is 2.30. The van der Waals surface area contributed by atoms with Gasteiger partial charge < -0.3 is 9.84 Å². The standard InChI is InChI=1S/C16H12BrF3N2O3/c1-25-14-6-10(12(17)7-13(14)23)8-21-22-15(24)9-3-2-4-11(5-9)16(18,19)20/h2-8,23H,1H3,(H,22,24)/b21-8+. The Bertz CT molecular complexity index is 823. The number of carbonyl (C=O) groups is 1. The van der Waals surface area contributed by atoms with Crippen LogP contribution in [-0.4, -0.2) is 24.3 Å². The van der Waals surface area contributed by atoms with Gasteiger partial charge in [-0.1, -0.05) is 6.07 Å². The lowest BCUT2D eigenvalue weighted by atomic mass is 10.1. The summed E-state index contributed by atoms with van der Waals surface area (Å²) in [6, 6.07) is 6.86. The predicted molar refractivity (Wildman–Crippen MR) is 88.9 cm³/mol. The monoisotopic (exact) mass is 416 g/mol. The van der Waals surface area contributed by atoms with E-state index in [0.717, 1.165) is 18.2 Å². The zero-order chi connectivity index (χ0) is 18.6. The van der Waals surface area contributed by atoms with Gasteiger partial charge in [-0.3, -0.25) is 4.79 Å². The Balaban J connectivity index is 2.14. The zero-order valence-corrected chi connectivity index (χ0v) is 14.4. The van der Waals surface area contributed by atoms with Crippen molar-refractivity contribution in [2.24, 2.45) is 5.10 Å². The predicted octanol–water partition coefficient (Wildman–Crippen LogP) is 3.95. The number of phenolic OH excluding ortho intramolecular Hbond substituents is 1. The molecule has 1 amide bonds. The maximum Gasteiger partial charge on any atom is 0.416 e. The van der Waals surface area contributed by atoms with Gasteiger partial charge in [0.05, 0.1) is 18.9 Å². The van der Waals surface area contributed by atoms with Crippen molar-refractivity contribution < 1.29 is 27.8 Å². The van der Waals surface area contributed by atoms with E-state index in [-0.39, 0.29) is 17.1 Å². The number of ether oxygens (including phenoxy) is 1. The maximum absolute atomic E-state index is 12.7. The molecule has 25 heavy (non-hydrogen) atoms. The van der Waals surface area contributed by atoms with Crippen LogP contribution in [0, 0.1) is 0 Å². The molecule has 0 unspecified atom stereocenters. The number of rotatable bonds is 4. The number of halogens is 4. The number of nitrogens with one attached hydrogen (secondary N) is 1. The molecule has 2 aromatic rings. The summed E-state index contributed by atoms with van der Waals surface area (Å²) in [5.74, 6) is -0.669. The number of aromatic hydroxyl groups is 1. The van der Waals surface area contributed by atoms with Crippen molar-refractivity contribution in [2.45, 2.75) is 6.18 Å². The first kappa shape index (κ1) is 18.8. The van der Waals surface area contributed by atoms with E-state index in [1.54, 1.807) is 0 Å². The molecule has 0 aliphatic rings. The van der Waals surface area contributed by atoms with Crippen LogP contribution in [-0.2, 0) is 6.18 Å². The lowest BCUT2D eigenvalue weighted by molar-refractivity contribution is -0.137. The molecule has 0 aliphatic heterocycles. The molecule has 132 valence electrons. The van der Waals surface area contributed by atoms with Gasteiger partial charge in [-0.15, -0.1) is 0 Å². The van der Waals surface area contributed by atoms with Crippen LogP contribution in [0.4, 0.5) is 13.2 Å². The largest absolute Gasteiger partial charge is 0.504 e. The van der Waals surface area contributed by atoms with Crippen molar-refractivity contribution >= 4 is 28.1 Å². The fourth-order valence-corrected chi connectivity index (χ4v) is 2.32. The molecule has 2 aromatic carbocycles. The van der Waals surface area contributed by atoms with E-state index in [1.165, 1.54) is 31.5 Å². The number of phenols is 1. The van der Waals surface area contributed by atoms with Crippen LogP contribution in [0.5, 0.6) is 11.5 Å². The summed E-state index contributed by atoms with van der Waals surface area (Å²) in [4.78, 5) is 11.9. The zero-order valence-electron chi connectivity index (χ0n) is 12.8. The second-order valence-corrected chi connectivity index (χ2v) is 5.68. The van der Waals surface area contributed by atoms with Crippen molar-refractivity contribution in [3.05, 3.63) is 57.6 Å². The van der Waals surface area contributed by atoms with E-state index in [9.17, 15) is 23.1 Å². The van der Waals surface area contributed by atoms with Gasteiger partial charge in [0, 0.05) is 15.6 Å². The van der Waals surface area contributed by atoms with Crippen LogP contribution >= 0.6 is 15.9 Å². The van der Waals surface area contributed by atoms with E-state index in [4.69, 9.17) is 4.74 Å². The first-order chi connectivity index (χ1) is 11.7. The lowest BCUT2D eigenvalue weighted by Gasteiger charge is -2.08. The fourth-order valence-electron chi connectivity index (χ4n) is 1.88. The molecule has 9 heteroatoms. The Kier molecular flexibility index (Phi) is 5.68. The van der Waals surface area contributed by atoms with Gasteiger partial charge in [0.1, 0.15) is 0 Å². The molecule has 0 fully saturated rings. The van der Waals surface area contributed by atoms with E-state index in [0.29, 0.717) is 10.0 Å². The van der Waals surface area contributed by atoms with Gasteiger partial charge in [-0.25, -0.2) is 5.43 Å². The van der Waals surface area contributed by atoms with Crippen molar-refractivity contribution in [3.8, 4) is 11.5 Å². The summed E-state index contributed by atoms with van der Waals surface area (Å²) in [5.41, 5.74) is 1.54. The summed E-state index contributed by atoms with van der Waals surface area (Å²) >= 11 is 3.21. The SMILES string of the molecule is COc1cc(/C=N/NC(=O)c2cccc(C(F)(F)F)c2)c(Br)cc1O. The molecule has 0 saturated heterocycles. The molecule has 0 saturated carbocycles. The van der Waals surface area contributed by atoms with Crippen molar-refractivity contribution in [1.29, 1.82) is 0 Å². The number of amides is 1. The number of nitrogens with zero attached hydrogens (tertiary/aromatic N) is 1. The van der Waals surface area contributed by atoms with Crippen molar-refractivity contribution in [1.82, 2.24) is 5.43 Å². The third kappa shape index (κ3) is 4.72. The van der Waals surface area contributed by atoms with Crippen molar-refractivity contribution in [2.75, 3.05) is 7.11 Å². The minimum atomic E-state index is -4.53. The summed E-state index contributed by atoms with van der Waals surface area (Å²) < 4.78 is 43.4. The number of carbonyl (C=O) groups excluding carboxylic acids is 1. The number of hydrazone groups is 1. The minimum Gasteiger partial charge on any atom is -0.504 e. The van der Waals surface area contributed by atoms with Gasteiger partial charge in [0.15, 0.2) is 11.5 Å². The second-order valence-electron chi connectivity index (χ2n) is 4.82. The Hall–Kier alpha value is -2.55. The Morgan fingerprint density at radius 2 is 2.04 bits per heavy atom. The van der Waals surface area contributed by atoms with Gasteiger partial charge in [-0.2, -0.15) is 18.3 Å². The molecule has 5 nitrogen and oxygen atoms in total. The molecule has 0 aliphatic carbocycles. The molecule has 0 bridgehead atoms. The maximum atomic E-state index is 12.7. The van der Waals surface area contributed by atoms with Crippen LogP contribution < -0.4 is 10.2 Å². The molecule has 0 radical (unpaired) electrons. The third-order valence-corrected chi connectivity index (χ3v) is 3.81. The highest BCUT2D eigenvalue weighted by molar-refractivity contribution is 9.10. The van der Waals surface area contributed by atoms with Gasteiger partial charge in [0.2, 0.25) is 0 Å². The summed E-state index contributed by atoms with van der Waals surface area (Å²) in [5, 5.41) is 13.3. The summed E-state index contributed by atoms with van der Waals surface area (Å²) in [6.45, 7) is 0. The summed E-state index contributed by atoms with van der Waals surface area (Å²) in [7, 11) is 1.37. The molecule has 2 N–H and O–H groups in total. The van der Waals surface area contributed by atoms with Crippen LogP contribution in [0.15, 0.2) is 46.0 Å². The highest BCUT2D eigenvalue weighted by atomic mass is 79.9. The van der Waals surface area contributed by atoms with Crippen LogP contribution in [0.1, 0.15) is 21.5 Å². The average Bonchev–Trinajstić information content (AvgIpc) is 2.56. The van der Waals surface area contributed by atoms with E-state index >= 15 is 0 Å². The number of benzene rings is 2. The van der Waals surface area contributed by atoms with Crippen molar-refractivity contribution in [3.63, 3.8) is 0 Å². The highest BCUT2D eigenvalue weighted by Crippen LogP contribution is 2.31. The molecule has 0 atom stereocenters. The number of methoxy groups -OCH3 is 1. The molecule has 0 spiro atoms. The first-order valence-corrected chi connectivity index (χ1v) is 7.59. The lowest BCUT2D eigenvalue weighted by Crippen LogP contribution is -2.18. The van der Waals surface area contributed by atoms with E-state index in [1.807, 2.05) is 0 Å². The Labute approximate surface area is 149 Å². The number of alkyl halides is 3. The van der Waals surface area contributed by atoms with Gasteiger partial charge in [0.25, 0.3) is 5.91 Å². The minimum absolute atomic E-state index is 0.0838. The quantitative estimate of drug-likeness (QED) is 0.585. The molecular weight excluding hydrogens is 405 g/mol. The number of hydrogen-bond donors (Lipinski definition) is 2. The van der Waals surface area contributed by atoms with Gasteiger partial charge >= 0.3 is 6.18 Å². The van der Waals surface area contributed by atoms with Crippen LogP contribution in [0.3, 0.4) is 0 Å². The number of hydrogen-bond acceptors (Lipinski definition) is 4. The molecule has 0 heterocycles. The molecule has 0 aromatic heterocycles. The van der Waals surface area contributed by atoms with E-state index in [2.05, 4.69) is 26.5 Å². The molecular formula is C16H12BrF3N2O3. The van der Waals surface area contributed by atoms with Gasteiger partial charge in [-0.05, 0) is 46.3 Å². The van der Waals surface area contributed by atoms with E-state index < -0.39 is 17.6 Å². The Morgan fingerprint density at radius 1 is 1.32 bits per heavy atom. The van der Waals surface area contributed by atoms with Crippen LogP contribution in [0.2, 0.25) is 0 Å². The first-order valence-electron chi connectivity index (χ1n) is 6.79. The average molecular weight is 417 g/mol. The third-order valence-electron chi connectivity index (χ3n) is 3.12. The molecule has 2 rings (SSSR count). The normalized spacial score (nSPS) is 11.6. The van der Waals surface area contributed by atoms with Crippen LogP contribution in [0.25, 0.3) is 0 Å². The fraction of sp³-hybridized carbons (Fsp3) is 0.125. The second kappa shape index (κ2) is 7.56. The topological polar surface area (TPSA) is 70.9 Å².